The van der Waals surface area contributed by atoms with Crippen molar-refractivity contribution in [3.63, 3.8) is 0 Å². The first-order valence-corrected chi connectivity index (χ1v) is 50.4. The molecule has 141 heavy (non-hydrogen) atoms. The minimum absolute atomic E-state index is 0.0268. The number of fused-ring (bicyclic) bond motifs is 9. The molecule has 788 valence electrons. The number of ether oxygens (including phenoxy) is 13. The number of unbranched alkanes of at least 4 members (excludes halogenated alkanes) is 1. The molecule has 8 aliphatic rings. The van der Waals surface area contributed by atoms with E-state index in [0.717, 1.165) is 74.2 Å². The van der Waals surface area contributed by atoms with Crippen molar-refractivity contribution < 1.29 is 133 Å². The third kappa shape index (κ3) is 31.6. The molecular weight excluding hydrogens is 1840 g/mol. The second-order valence-electron chi connectivity index (χ2n) is 40.1. The maximum Gasteiger partial charge on any atom is 0.407 e. The van der Waals surface area contributed by atoms with Gasteiger partial charge in [0.05, 0.1) is 178 Å². The zero-order valence-corrected chi connectivity index (χ0v) is 84.1. The molecule has 1 aromatic heterocycles. The summed E-state index contributed by atoms with van der Waals surface area (Å²) < 4.78 is 113. The summed E-state index contributed by atoms with van der Waals surface area (Å²) in [6, 6.07) is 1.63. The van der Waals surface area contributed by atoms with Crippen molar-refractivity contribution in [1.29, 1.82) is 0 Å². The number of Topliss-reactive ketones (excluding diaryl/α,β-unsaturated/α-hetero) is 1. The number of benzene rings is 1. The number of aromatic nitrogens is 3. The van der Waals surface area contributed by atoms with Crippen LogP contribution >= 0.6 is 0 Å². The Bertz CT molecular complexity index is 4550. The minimum Gasteiger partial charge on any atom is -0.449 e. The van der Waals surface area contributed by atoms with E-state index in [1.165, 1.54) is 31.2 Å². The highest BCUT2D eigenvalue weighted by molar-refractivity contribution is 6.02. The number of ketones is 2. The van der Waals surface area contributed by atoms with Crippen molar-refractivity contribution in [2.45, 2.75) is 257 Å². The maximum atomic E-state index is 18.1. The van der Waals surface area contributed by atoms with Crippen LogP contribution in [-0.4, -0.2) is 323 Å². The van der Waals surface area contributed by atoms with E-state index in [0.29, 0.717) is 141 Å². The van der Waals surface area contributed by atoms with E-state index in [2.05, 4.69) is 105 Å². The van der Waals surface area contributed by atoms with Gasteiger partial charge in [0, 0.05) is 73.7 Å². The zero-order valence-electron chi connectivity index (χ0n) is 84.1. The lowest BCUT2D eigenvalue weighted by Crippen LogP contribution is -2.71. The summed E-state index contributed by atoms with van der Waals surface area (Å²) in [5.74, 6) is 0.168. The second-order valence-corrected chi connectivity index (χ2v) is 40.1. The lowest BCUT2D eigenvalue weighted by Gasteiger charge is -2.63. The molecule has 4 saturated carbocycles. The summed E-state index contributed by atoms with van der Waals surface area (Å²) in [5, 5.41) is 45.8. The summed E-state index contributed by atoms with van der Waals surface area (Å²) in [7, 11) is 6.21. The molecule has 12 N–H and O–H groups in total. The highest BCUT2D eigenvalue weighted by atomic mass is 19.1. The van der Waals surface area contributed by atoms with Crippen LogP contribution in [0.25, 0.3) is 0 Å². The van der Waals surface area contributed by atoms with Gasteiger partial charge in [-0.15, -0.1) is 16.9 Å². The van der Waals surface area contributed by atoms with E-state index in [1.807, 2.05) is 11.6 Å². The fourth-order valence-electron chi connectivity index (χ4n) is 21.0. The Labute approximate surface area is 826 Å². The Kier molecular flexibility index (Phi) is 44.4. The summed E-state index contributed by atoms with van der Waals surface area (Å²) in [4.78, 5) is 148. The number of aliphatic hydroxyl groups is 1. The molecule has 1 aliphatic heterocycles. The number of likely N-dealkylation sites (N-methyl/N-ethyl adjacent to an activating group) is 1. The highest BCUT2D eigenvalue weighted by Gasteiger charge is 2.80. The number of alkyl halides is 2. The Hall–Kier alpha value is -9.29. The smallest absolute Gasteiger partial charge is 0.407 e. The Morgan fingerprint density at radius 3 is 1.89 bits per heavy atom. The van der Waals surface area contributed by atoms with Crippen LogP contribution in [0, 0.1) is 57.2 Å². The number of anilines is 1. The molecule has 0 bridgehead atoms. The number of hydrogen-bond donors (Lipinski definition) is 11. The number of nitrogens with zero attached hydrogens (tertiary/aromatic N) is 4. The monoisotopic (exact) mass is 1990 g/mol. The molecule has 0 spiro atoms. The molecule has 2 heterocycles. The number of alkyl carbamates (subject to hydrolysis) is 2. The van der Waals surface area contributed by atoms with Crippen molar-refractivity contribution in [2.75, 3.05) is 185 Å². The molecule has 2 aromatic rings. The molecule has 7 aliphatic carbocycles. The number of nitrogens with two attached hydrogens (primary N) is 1. The van der Waals surface area contributed by atoms with Crippen LogP contribution in [0.15, 0.2) is 48.1 Å². The van der Waals surface area contributed by atoms with Gasteiger partial charge in [0.1, 0.15) is 49.3 Å². The van der Waals surface area contributed by atoms with Crippen molar-refractivity contribution in [2.24, 2.45) is 51.1 Å². The molecule has 41 heteroatoms. The molecule has 5 fully saturated rings. The van der Waals surface area contributed by atoms with Crippen LogP contribution < -0.4 is 53.6 Å². The Morgan fingerprint density at radius 1 is 0.652 bits per heavy atom. The number of hydrogen-bond acceptors (Lipinski definition) is 27. The number of allylic oxidation sites excluding steroid dienone is 4. The quantitative estimate of drug-likeness (QED) is 0.0188. The van der Waals surface area contributed by atoms with Crippen LogP contribution in [0.1, 0.15) is 200 Å². The number of carbonyl (C=O) groups excluding carboxylic acids is 11. The average Bonchev–Trinajstić information content (AvgIpc) is 1.53. The predicted molar refractivity (Wildman–Crippen MR) is 512 cm³/mol. The molecule has 10 amide bonds. The standard InChI is InChI=1S/C100H154F2N14O25/c1-11-22-86-140-82-61-71-72-60-74(101)73-59-70(117)31-36-95(73,4)99(72,102)80(118)62-98(71,7)100(82,141-86)81(119)63-108-94(128)138-64-68-27-29-69(30-28-68)109-89(123)76(24-21-38-106-92(103)126)111-91(125)87(67(2)3)112-90(124)75(110-84(121)33-44-130-48-52-134-55-57-135-53-49-131-45-40-107-93(127)139-65-79-96(5)34-18-12-13-19-35-97(79,96)6)23-17-20-37-104-85(122)66-137-78-26-16-14-15-25-77-88(78)113-114-115(77)41-46-132-50-54-136-58-56-133-51-47-129-43-32-83(120)105-39-42-116(8,9)10/h27-31,36,59,67,71-72,74-76,78-80,82,86-87,118H,11,14-26,32-35,37-58,60-66H2,1-10H3,(H10-,103,104,105,106,107,108,109,110,111,112,120,121,122,123,124,125,126,127,128)/p+1/t71-,72-,74-,75+,76-,78?,79?,80-,82+,86?,87-,95-,96-,97+,98-,99-,100+/m0/s1. The third-order valence-electron chi connectivity index (χ3n) is 29.1. The van der Waals surface area contributed by atoms with E-state index in [4.69, 9.17) is 67.3 Å². The van der Waals surface area contributed by atoms with E-state index in [9.17, 15) is 57.8 Å². The number of aliphatic hydroxyl groups excluding tert-OH is 1. The van der Waals surface area contributed by atoms with Gasteiger partial charge < -0.3 is 125 Å². The highest BCUT2D eigenvalue weighted by Crippen LogP contribution is 2.74. The first-order chi connectivity index (χ1) is 67.5. The van der Waals surface area contributed by atoms with Crippen LogP contribution in [0.2, 0.25) is 0 Å². The van der Waals surface area contributed by atoms with Gasteiger partial charge in [0.2, 0.25) is 35.4 Å². The first-order valence-electron chi connectivity index (χ1n) is 50.4. The molecule has 3 unspecified atom stereocenters. The fraction of sp³-hybridized carbons (Fsp3) is 0.750. The zero-order chi connectivity index (χ0) is 102. The minimum atomic E-state index is -2.42. The number of nitrogens with one attached hydrogen (secondary N) is 9. The van der Waals surface area contributed by atoms with Crippen molar-refractivity contribution >= 4 is 70.9 Å². The predicted octanol–water partition coefficient (Wildman–Crippen LogP) is 6.62. The number of urea groups is 1. The van der Waals surface area contributed by atoms with Gasteiger partial charge >= 0.3 is 18.2 Å². The van der Waals surface area contributed by atoms with Gasteiger partial charge in [0.15, 0.2) is 29.1 Å². The number of halogens is 2. The normalized spacial score (nSPS) is 26.4. The van der Waals surface area contributed by atoms with Crippen LogP contribution in [0.5, 0.6) is 0 Å². The lowest BCUT2D eigenvalue weighted by atomic mass is 9.44. The number of rotatable bonds is 62. The summed E-state index contributed by atoms with van der Waals surface area (Å²) >= 11 is 0. The Balaban J connectivity index is 0.670. The van der Waals surface area contributed by atoms with E-state index < -0.39 is 149 Å². The maximum absolute atomic E-state index is 18.1. The van der Waals surface area contributed by atoms with Crippen LogP contribution in [0.3, 0.4) is 0 Å². The molecular formula is C100H155F2N14O25+. The Morgan fingerprint density at radius 2 is 1.26 bits per heavy atom. The molecule has 0 radical (unpaired) electrons. The number of carbonyl (C=O) groups is 11. The van der Waals surface area contributed by atoms with Gasteiger partial charge in [-0.2, -0.15) is 0 Å². The number of primary amides is 1. The topological polar surface area (TPSA) is 493 Å². The van der Waals surface area contributed by atoms with E-state index in [-0.39, 0.29) is 151 Å². The van der Waals surface area contributed by atoms with Gasteiger partial charge in [-0.1, -0.05) is 84.2 Å². The number of quaternary nitrogens is 1. The second kappa shape index (κ2) is 55.1. The third-order valence-corrected chi connectivity index (χ3v) is 29.1. The molecule has 17 atom stereocenters. The van der Waals surface area contributed by atoms with E-state index in [1.54, 1.807) is 32.9 Å². The molecule has 1 saturated heterocycles. The SMILES string of the molecule is CCCC1O[C@@H]2C[C@H]3[C@@H]4C[C@H](F)C5=CC(=O)C=C[C@]5(C)[C@@]4(F)[C@@H](O)C[C@]3(C)[C@]2(C(=O)CNC(=O)OCc2ccc(NC(=O)[C@H](CCCNC(N)=O)NC(=O)[C@@H](NC(=O)[C@@H](CCCCNC(=O)COC3CCCCCc4c3nnn4CCOCCOCCOCCOCCC(=O)NCC[N+](C)(C)C)NC(=O)CCOCCOCCOCCOCCNC(=O)OCC3[C@]4(C)CCC#CCC[C@]34C)C(C)C)cc2)O1. The summed E-state index contributed by atoms with van der Waals surface area (Å²) in [5.41, 5.74) is 0.734. The molecule has 10 rings (SSSR count). The molecule has 39 nitrogen and oxygen atoms in total. The van der Waals surface area contributed by atoms with Crippen LogP contribution in [0.4, 0.5) is 28.9 Å². The van der Waals surface area contributed by atoms with Crippen molar-refractivity contribution in [3.05, 3.63) is 65.0 Å². The average molecular weight is 1990 g/mol. The van der Waals surface area contributed by atoms with Gasteiger partial charge in [-0.3, -0.25) is 38.4 Å². The summed E-state index contributed by atoms with van der Waals surface area (Å²) in [6.45, 7) is 19.3. The van der Waals surface area contributed by atoms with Crippen LogP contribution in [-0.2, 0) is 120 Å². The van der Waals surface area contributed by atoms with Crippen molar-refractivity contribution in [1.82, 2.24) is 57.5 Å². The van der Waals surface area contributed by atoms with E-state index >= 15 is 8.78 Å². The summed E-state index contributed by atoms with van der Waals surface area (Å²) in [6.07, 6.45) is 5.86. The number of amides is 10. The first kappa shape index (κ1) is 114. The fourth-order valence-corrected chi connectivity index (χ4v) is 21.0. The van der Waals surface area contributed by atoms with Crippen molar-refractivity contribution in [3.8, 4) is 11.8 Å². The largest absolute Gasteiger partial charge is 0.449 e. The van der Waals surface area contributed by atoms with Gasteiger partial charge in [-0.05, 0) is 155 Å². The molecule has 1 aromatic carbocycles. The lowest BCUT2D eigenvalue weighted by molar-refractivity contribution is -0.869. The van der Waals surface area contributed by atoms with Gasteiger partial charge in [-0.25, -0.2) is 27.8 Å². The van der Waals surface area contributed by atoms with Gasteiger partial charge in [0.25, 0.3) is 0 Å².